The molecule has 2 aliphatic heterocycles. The monoisotopic (exact) mass is 574 g/mol. The maximum atomic E-state index is 13.3. The van der Waals surface area contributed by atoms with Crippen LogP contribution in [-0.4, -0.2) is 62.3 Å². The summed E-state index contributed by atoms with van der Waals surface area (Å²) in [6.45, 7) is 2.83. The standard InChI is InChI=1S/C28H35ClN4O5S/c29-20-7-8-22(33-15-4-12-27(19-33)10-1-2-11-27)23(17-20)38-28(13-14-28)26(35)31-39(36,37)25-6-3-5-24(30-25)32-16-9-21(34)18-32/h3,5-8,17,21,34H,1-2,4,9-16,18-19H2,(H,31,35)/t21-/m0/s1. The predicted octanol–water partition coefficient (Wildman–Crippen LogP) is 3.88. The number of hydrogen-bond donors (Lipinski definition) is 2. The number of nitrogens with zero attached hydrogens (tertiary/aromatic N) is 3. The Bertz CT molecular complexity index is 1360. The summed E-state index contributed by atoms with van der Waals surface area (Å²) >= 11 is 6.35. The van der Waals surface area contributed by atoms with Gasteiger partial charge in [-0.25, -0.2) is 9.71 Å². The molecule has 4 fully saturated rings. The van der Waals surface area contributed by atoms with E-state index in [0.29, 0.717) is 54.4 Å². The number of benzene rings is 1. The first kappa shape index (κ1) is 26.7. The van der Waals surface area contributed by atoms with Gasteiger partial charge in [0.1, 0.15) is 11.6 Å². The van der Waals surface area contributed by atoms with Gasteiger partial charge in [-0.05, 0) is 61.8 Å². The minimum atomic E-state index is -4.23. The van der Waals surface area contributed by atoms with Crippen molar-refractivity contribution in [1.82, 2.24) is 9.71 Å². The highest BCUT2D eigenvalue weighted by molar-refractivity contribution is 7.90. The van der Waals surface area contributed by atoms with Crippen molar-refractivity contribution in [2.75, 3.05) is 36.0 Å². The van der Waals surface area contributed by atoms with Crippen molar-refractivity contribution < 1.29 is 23.1 Å². The lowest BCUT2D eigenvalue weighted by Crippen LogP contribution is -2.44. The number of piperidine rings is 1. The third-order valence-corrected chi connectivity index (χ3v) is 10.2. The molecule has 1 aromatic carbocycles. The number of ether oxygens (including phenoxy) is 1. The zero-order chi connectivity index (χ0) is 27.3. The summed E-state index contributed by atoms with van der Waals surface area (Å²) in [5.41, 5.74) is -0.0363. The van der Waals surface area contributed by atoms with E-state index in [1.165, 1.54) is 38.2 Å². The summed E-state index contributed by atoms with van der Waals surface area (Å²) in [5.74, 6) is 0.253. The Kier molecular flexibility index (Phi) is 6.92. The molecule has 2 saturated heterocycles. The SMILES string of the molecule is O=C(NS(=O)(=O)c1cccc(N2CC[C@H](O)C2)n1)C1(Oc2cc(Cl)ccc2N2CCCC3(CCCC3)C2)CC1. The molecule has 1 amide bonds. The zero-order valence-corrected chi connectivity index (χ0v) is 23.5. The Labute approximate surface area is 234 Å². The Morgan fingerprint density at radius 3 is 2.54 bits per heavy atom. The highest BCUT2D eigenvalue weighted by Crippen LogP contribution is 2.49. The molecular weight excluding hydrogens is 540 g/mol. The van der Waals surface area contributed by atoms with Crippen molar-refractivity contribution in [3.05, 3.63) is 41.4 Å². The summed E-state index contributed by atoms with van der Waals surface area (Å²) < 4.78 is 34.9. The van der Waals surface area contributed by atoms with E-state index < -0.39 is 27.6 Å². The number of carbonyl (C=O) groups is 1. The minimum Gasteiger partial charge on any atom is -0.475 e. The average molecular weight is 575 g/mol. The fourth-order valence-corrected chi connectivity index (χ4v) is 7.59. The molecule has 0 bridgehead atoms. The Hall–Kier alpha value is -2.56. The van der Waals surface area contributed by atoms with E-state index in [4.69, 9.17) is 16.3 Å². The topological polar surface area (TPSA) is 112 Å². The van der Waals surface area contributed by atoms with Gasteiger partial charge in [-0.15, -0.1) is 0 Å². The molecule has 2 saturated carbocycles. The number of amides is 1. The fraction of sp³-hybridized carbons (Fsp3) is 0.571. The van der Waals surface area contributed by atoms with Gasteiger partial charge >= 0.3 is 0 Å². The minimum absolute atomic E-state index is 0.246. The molecular formula is C28H35ClN4O5S. The average Bonchev–Trinajstić information content (AvgIpc) is 3.34. The van der Waals surface area contributed by atoms with Crippen molar-refractivity contribution >= 4 is 39.0 Å². The molecule has 1 aromatic heterocycles. The van der Waals surface area contributed by atoms with Gasteiger partial charge in [0.25, 0.3) is 15.9 Å². The molecule has 9 nitrogen and oxygen atoms in total. The second-order valence-corrected chi connectivity index (χ2v) is 13.7. The third kappa shape index (κ3) is 5.43. The number of anilines is 2. The van der Waals surface area contributed by atoms with E-state index in [1.807, 2.05) is 17.0 Å². The molecule has 2 aliphatic carbocycles. The first-order valence-corrected chi connectivity index (χ1v) is 15.7. The Morgan fingerprint density at radius 1 is 1.05 bits per heavy atom. The van der Waals surface area contributed by atoms with Crippen molar-refractivity contribution in [3.8, 4) is 5.75 Å². The number of sulfonamides is 1. The second-order valence-electron chi connectivity index (χ2n) is 11.6. The van der Waals surface area contributed by atoms with Crippen LogP contribution in [0.2, 0.25) is 5.02 Å². The van der Waals surface area contributed by atoms with Crippen LogP contribution in [0.5, 0.6) is 5.75 Å². The van der Waals surface area contributed by atoms with Gasteiger partial charge in [-0.1, -0.05) is 30.5 Å². The van der Waals surface area contributed by atoms with Crippen molar-refractivity contribution in [3.63, 3.8) is 0 Å². The van der Waals surface area contributed by atoms with Gasteiger partial charge in [0.2, 0.25) is 0 Å². The first-order valence-electron chi connectivity index (χ1n) is 13.9. The van der Waals surface area contributed by atoms with Crippen LogP contribution in [-0.2, 0) is 14.8 Å². The lowest BCUT2D eigenvalue weighted by atomic mass is 9.78. The molecule has 11 heteroatoms. The highest BCUT2D eigenvalue weighted by atomic mass is 35.5. The van der Waals surface area contributed by atoms with Gasteiger partial charge in [-0.2, -0.15) is 8.42 Å². The quantitative estimate of drug-likeness (QED) is 0.512. The van der Waals surface area contributed by atoms with Gasteiger partial charge < -0.3 is 19.6 Å². The number of pyridine rings is 1. The second kappa shape index (κ2) is 10.1. The zero-order valence-electron chi connectivity index (χ0n) is 21.9. The Balaban J connectivity index is 1.19. The number of carbonyl (C=O) groups excluding carboxylic acids is 1. The van der Waals surface area contributed by atoms with Crippen LogP contribution < -0.4 is 19.3 Å². The van der Waals surface area contributed by atoms with E-state index in [2.05, 4.69) is 14.6 Å². The molecule has 6 rings (SSSR count). The number of β-amino-alcohol motifs (C(OH)–C–C–N with tert-alkyl or cyclic N) is 1. The maximum absolute atomic E-state index is 13.3. The number of rotatable bonds is 7. The molecule has 2 N–H and O–H groups in total. The number of halogens is 1. The van der Waals surface area contributed by atoms with Crippen LogP contribution in [0.4, 0.5) is 11.5 Å². The fourth-order valence-electron chi connectivity index (χ4n) is 6.42. The van der Waals surface area contributed by atoms with Crippen molar-refractivity contribution in [2.24, 2.45) is 5.41 Å². The smallest absolute Gasteiger partial charge is 0.281 e. The molecule has 2 aromatic rings. The van der Waals surface area contributed by atoms with Crippen LogP contribution in [0, 0.1) is 5.41 Å². The van der Waals surface area contributed by atoms with Crippen LogP contribution in [0.25, 0.3) is 0 Å². The van der Waals surface area contributed by atoms with Crippen molar-refractivity contribution in [2.45, 2.75) is 74.5 Å². The number of nitrogens with one attached hydrogen (secondary N) is 1. The number of aliphatic hydroxyl groups excluding tert-OH is 1. The summed E-state index contributed by atoms with van der Waals surface area (Å²) in [4.78, 5) is 21.8. The molecule has 0 radical (unpaired) electrons. The van der Waals surface area contributed by atoms with E-state index >= 15 is 0 Å². The predicted molar refractivity (Wildman–Crippen MR) is 149 cm³/mol. The molecule has 3 heterocycles. The van der Waals surface area contributed by atoms with Gasteiger partial charge in [0, 0.05) is 50.1 Å². The number of hydrogen-bond acceptors (Lipinski definition) is 8. The summed E-state index contributed by atoms with van der Waals surface area (Å²) in [6.07, 6.45) is 8.31. The lowest BCUT2D eigenvalue weighted by molar-refractivity contribution is -0.127. The van der Waals surface area contributed by atoms with Crippen LogP contribution in [0.1, 0.15) is 57.8 Å². The molecule has 1 atom stereocenters. The molecule has 4 aliphatic rings. The summed E-state index contributed by atoms with van der Waals surface area (Å²) in [7, 11) is -4.23. The molecule has 210 valence electrons. The van der Waals surface area contributed by atoms with Crippen LogP contribution in [0.3, 0.4) is 0 Å². The lowest BCUT2D eigenvalue weighted by Gasteiger charge is -2.42. The summed E-state index contributed by atoms with van der Waals surface area (Å²) in [6, 6.07) is 10.1. The van der Waals surface area contributed by atoms with Gasteiger partial charge in [0.05, 0.1) is 11.8 Å². The molecule has 39 heavy (non-hydrogen) atoms. The molecule has 1 spiro atoms. The first-order chi connectivity index (χ1) is 18.7. The largest absolute Gasteiger partial charge is 0.475 e. The van der Waals surface area contributed by atoms with E-state index in [-0.39, 0.29) is 5.03 Å². The third-order valence-electron chi connectivity index (χ3n) is 8.71. The molecule has 0 unspecified atom stereocenters. The van der Waals surface area contributed by atoms with Gasteiger partial charge in [0.15, 0.2) is 10.6 Å². The normalized spacial score (nSPS) is 23.7. The highest BCUT2D eigenvalue weighted by Gasteiger charge is 2.55. The number of aliphatic hydroxyl groups is 1. The van der Waals surface area contributed by atoms with Gasteiger partial charge in [-0.3, -0.25) is 4.79 Å². The van der Waals surface area contributed by atoms with Crippen molar-refractivity contribution in [1.29, 1.82) is 0 Å². The van der Waals surface area contributed by atoms with E-state index in [9.17, 15) is 18.3 Å². The van der Waals surface area contributed by atoms with E-state index in [0.717, 1.165) is 25.2 Å². The summed E-state index contributed by atoms with van der Waals surface area (Å²) in [5, 5.41) is 10.1. The van der Waals surface area contributed by atoms with Crippen LogP contribution in [0.15, 0.2) is 41.4 Å². The number of aromatic nitrogens is 1. The maximum Gasteiger partial charge on any atom is 0.281 e. The Morgan fingerprint density at radius 2 is 1.82 bits per heavy atom. The van der Waals surface area contributed by atoms with Crippen LogP contribution >= 0.6 is 11.6 Å². The van der Waals surface area contributed by atoms with E-state index in [1.54, 1.807) is 18.2 Å².